The Morgan fingerprint density at radius 3 is 2.75 bits per heavy atom. The number of anilines is 1. The van der Waals surface area contributed by atoms with Gasteiger partial charge in [0.1, 0.15) is 17.4 Å². The SMILES string of the molecule is N#CC1=C(N)Oc2c(c(=O)[nH]c3ccc(Br)cc23)C12C(=O)Nc1ccccc12. The average Bonchev–Trinajstić information content (AvgIpc) is 2.95. The van der Waals surface area contributed by atoms with Crippen LogP contribution in [-0.4, -0.2) is 10.9 Å². The summed E-state index contributed by atoms with van der Waals surface area (Å²) in [6, 6.07) is 14.2. The molecule has 1 atom stereocenters. The highest BCUT2D eigenvalue weighted by Crippen LogP contribution is 2.53. The number of hydrogen-bond acceptors (Lipinski definition) is 5. The second-order valence-electron chi connectivity index (χ2n) is 6.55. The van der Waals surface area contributed by atoms with Gasteiger partial charge >= 0.3 is 0 Å². The van der Waals surface area contributed by atoms with E-state index >= 15 is 0 Å². The van der Waals surface area contributed by atoms with E-state index in [-0.39, 0.29) is 22.8 Å². The Kier molecular flexibility index (Phi) is 3.24. The summed E-state index contributed by atoms with van der Waals surface area (Å²) in [7, 11) is 0. The van der Waals surface area contributed by atoms with Crippen molar-refractivity contribution in [2.45, 2.75) is 5.41 Å². The van der Waals surface area contributed by atoms with E-state index in [1.807, 2.05) is 6.07 Å². The van der Waals surface area contributed by atoms with Crippen LogP contribution in [0.2, 0.25) is 0 Å². The number of para-hydroxylation sites is 1. The van der Waals surface area contributed by atoms with Gasteiger partial charge in [-0.15, -0.1) is 0 Å². The van der Waals surface area contributed by atoms with Crippen molar-refractivity contribution in [2.24, 2.45) is 5.73 Å². The quantitative estimate of drug-likeness (QED) is 0.501. The highest BCUT2D eigenvalue weighted by atomic mass is 79.9. The van der Waals surface area contributed by atoms with E-state index in [2.05, 4.69) is 26.2 Å². The van der Waals surface area contributed by atoms with Gasteiger partial charge in [-0.2, -0.15) is 5.26 Å². The van der Waals surface area contributed by atoms with Crippen LogP contribution < -0.4 is 21.3 Å². The number of ether oxygens (including phenoxy) is 1. The lowest BCUT2D eigenvalue weighted by Crippen LogP contribution is -2.46. The minimum Gasteiger partial charge on any atom is -0.439 e. The average molecular weight is 435 g/mol. The molecule has 1 spiro atoms. The van der Waals surface area contributed by atoms with Crippen molar-refractivity contribution in [3.8, 4) is 11.8 Å². The number of benzene rings is 2. The van der Waals surface area contributed by atoms with Crippen molar-refractivity contribution in [2.75, 3.05) is 5.32 Å². The molecule has 1 amide bonds. The third-order valence-electron chi connectivity index (χ3n) is 5.17. The molecule has 0 radical (unpaired) electrons. The van der Waals surface area contributed by atoms with Gasteiger partial charge in [0, 0.05) is 21.1 Å². The zero-order valence-electron chi connectivity index (χ0n) is 14.2. The number of rotatable bonds is 0. The fourth-order valence-electron chi connectivity index (χ4n) is 4.05. The Balaban J connectivity index is 2.02. The molecule has 5 rings (SSSR count). The summed E-state index contributed by atoms with van der Waals surface area (Å²) in [4.78, 5) is 29.2. The fraction of sp³-hybridized carbons (Fsp3) is 0.0500. The Labute approximate surface area is 166 Å². The van der Waals surface area contributed by atoms with Crippen molar-refractivity contribution < 1.29 is 9.53 Å². The van der Waals surface area contributed by atoms with Gasteiger partial charge in [0.15, 0.2) is 5.41 Å². The Hall–Kier alpha value is -3.57. The van der Waals surface area contributed by atoms with Crippen LogP contribution in [0.5, 0.6) is 5.75 Å². The number of aromatic nitrogens is 1. The first kappa shape index (κ1) is 16.6. The number of carbonyl (C=O) groups is 1. The first-order valence-corrected chi connectivity index (χ1v) is 9.13. The van der Waals surface area contributed by atoms with E-state index in [1.54, 1.807) is 42.5 Å². The number of halogens is 1. The molecule has 2 aliphatic heterocycles. The van der Waals surface area contributed by atoms with E-state index in [0.29, 0.717) is 22.2 Å². The molecule has 136 valence electrons. The van der Waals surface area contributed by atoms with Crippen molar-refractivity contribution >= 4 is 38.4 Å². The van der Waals surface area contributed by atoms with Gasteiger partial charge in [0.2, 0.25) is 11.8 Å². The molecule has 2 aliphatic rings. The maximum Gasteiger partial charge on any atom is 0.257 e. The third kappa shape index (κ3) is 1.86. The Morgan fingerprint density at radius 2 is 1.96 bits per heavy atom. The van der Waals surface area contributed by atoms with Gasteiger partial charge in [-0.05, 0) is 24.3 Å². The lowest BCUT2D eigenvalue weighted by atomic mass is 9.69. The molecular formula is C20H11BrN4O3. The minimum atomic E-state index is -1.67. The van der Waals surface area contributed by atoms with Gasteiger partial charge in [0.05, 0.1) is 11.1 Å². The van der Waals surface area contributed by atoms with Crippen LogP contribution >= 0.6 is 15.9 Å². The number of pyridine rings is 1. The number of nitriles is 1. The summed E-state index contributed by atoms with van der Waals surface area (Å²) in [5.41, 5.74) is 5.38. The second-order valence-corrected chi connectivity index (χ2v) is 7.47. The molecule has 3 heterocycles. The van der Waals surface area contributed by atoms with Gasteiger partial charge in [0.25, 0.3) is 5.56 Å². The molecule has 0 saturated heterocycles. The molecule has 8 heteroatoms. The van der Waals surface area contributed by atoms with Gasteiger partial charge in [-0.1, -0.05) is 34.1 Å². The topological polar surface area (TPSA) is 121 Å². The van der Waals surface area contributed by atoms with Crippen molar-refractivity contribution in [1.29, 1.82) is 5.26 Å². The number of fused-ring (bicyclic) bond motifs is 6. The summed E-state index contributed by atoms with van der Waals surface area (Å²) < 4.78 is 6.51. The largest absolute Gasteiger partial charge is 0.439 e. The molecule has 1 aromatic heterocycles. The molecule has 0 fully saturated rings. The lowest BCUT2D eigenvalue weighted by molar-refractivity contribution is -0.118. The number of amides is 1. The number of nitrogens with two attached hydrogens (primary N) is 1. The van der Waals surface area contributed by atoms with Crippen LogP contribution in [0, 0.1) is 11.3 Å². The second kappa shape index (κ2) is 5.47. The maximum atomic E-state index is 13.3. The van der Waals surface area contributed by atoms with Crippen molar-refractivity contribution in [1.82, 2.24) is 4.98 Å². The van der Waals surface area contributed by atoms with Crippen LogP contribution in [0.1, 0.15) is 11.1 Å². The highest BCUT2D eigenvalue weighted by Gasteiger charge is 2.58. The van der Waals surface area contributed by atoms with Crippen LogP contribution in [0.15, 0.2) is 63.2 Å². The number of nitrogens with zero attached hydrogens (tertiary/aromatic N) is 1. The van der Waals surface area contributed by atoms with E-state index in [1.165, 1.54) is 0 Å². The van der Waals surface area contributed by atoms with Crippen LogP contribution in [-0.2, 0) is 10.2 Å². The zero-order valence-corrected chi connectivity index (χ0v) is 15.8. The fourth-order valence-corrected chi connectivity index (χ4v) is 4.41. The van der Waals surface area contributed by atoms with Crippen molar-refractivity contribution in [3.63, 3.8) is 0 Å². The first-order valence-electron chi connectivity index (χ1n) is 8.33. The zero-order chi connectivity index (χ0) is 19.6. The standard InChI is InChI=1S/C20H11BrN4O3/c21-9-5-6-13-10(7-9)16-15(18(26)24-13)20(12(8-22)17(23)28-16)11-3-1-2-4-14(11)25-19(20)27/h1-7H,23H2,(H,24,26)(H,25,27). The summed E-state index contributed by atoms with van der Waals surface area (Å²) in [6.07, 6.45) is 0. The van der Waals surface area contributed by atoms with Gasteiger partial charge < -0.3 is 20.8 Å². The van der Waals surface area contributed by atoms with Crippen LogP contribution in [0.25, 0.3) is 10.9 Å². The van der Waals surface area contributed by atoms with E-state index in [0.717, 1.165) is 4.47 Å². The number of carbonyl (C=O) groups excluding carboxylic acids is 1. The number of nitrogens with one attached hydrogen (secondary N) is 2. The van der Waals surface area contributed by atoms with Gasteiger partial charge in [-0.3, -0.25) is 9.59 Å². The van der Waals surface area contributed by atoms with Crippen molar-refractivity contribution in [3.05, 3.63) is 79.9 Å². The van der Waals surface area contributed by atoms with E-state index in [4.69, 9.17) is 10.5 Å². The number of aromatic amines is 1. The first-order chi connectivity index (χ1) is 13.5. The molecule has 0 aliphatic carbocycles. The molecular weight excluding hydrogens is 424 g/mol. The molecule has 7 nitrogen and oxygen atoms in total. The third-order valence-corrected chi connectivity index (χ3v) is 5.66. The number of H-pyrrole nitrogens is 1. The van der Waals surface area contributed by atoms with Gasteiger partial charge in [-0.25, -0.2) is 0 Å². The summed E-state index contributed by atoms with van der Waals surface area (Å²) in [5.74, 6) is -0.547. The highest BCUT2D eigenvalue weighted by molar-refractivity contribution is 9.10. The molecule has 1 unspecified atom stereocenters. The predicted octanol–water partition coefficient (Wildman–Crippen LogP) is 2.62. The van der Waals surface area contributed by atoms with Crippen LogP contribution in [0.4, 0.5) is 5.69 Å². The normalized spacial score (nSPS) is 19.8. The monoisotopic (exact) mass is 434 g/mol. The van der Waals surface area contributed by atoms with Crippen LogP contribution in [0.3, 0.4) is 0 Å². The Morgan fingerprint density at radius 1 is 1.18 bits per heavy atom. The van der Waals surface area contributed by atoms with E-state index in [9.17, 15) is 14.9 Å². The molecule has 0 bridgehead atoms. The predicted molar refractivity (Wildman–Crippen MR) is 106 cm³/mol. The van der Waals surface area contributed by atoms with E-state index < -0.39 is 16.9 Å². The molecule has 28 heavy (non-hydrogen) atoms. The summed E-state index contributed by atoms with van der Waals surface area (Å²) >= 11 is 3.41. The Bertz CT molecular complexity index is 1350. The molecule has 2 aromatic carbocycles. The minimum absolute atomic E-state index is 0.0475. The summed E-state index contributed by atoms with van der Waals surface area (Å²) in [5, 5.41) is 13.2. The smallest absolute Gasteiger partial charge is 0.257 e. The molecule has 0 saturated carbocycles. The lowest BCUT2D eigenvalue weighted by Gasteiger charge is -2.33. The summed E-state index contributed by atoms with van der Waals surface area (Å²) in [6.45, 7) is 0. The maximum absolute atomic E-state index is 13.3. The molecule has 4 N–H and O–H groups in total. The molecule has 3 aromatic rings. The number of hydrogen-bond donors (Lipinski definition) is 3.